The number of hydrogen-bond acceptors (Lipinski definition) is 5. The lowest BCUT2D eigenvalue weighted by molar-refractivity contribution is 0.601. The Morgan fingerprint density at radius 2 is 1.50 bits per heavy atom. The molecule has 0 aliphatic carbocycles. The predicted octanol–water partition coefficient (Wildman–Crippen LogP) is 5.44. The number of hydrogen-bond donors (Lipinski definition) is 2. The molecule has 1 heterocycles. The fourth-order valence-electron chi connectivity index (χ4n) is 2.93. The third kappa shape index (κ3) is 4.22. The largest absolute Gasteiger partial charge is 0.337 e. The Kier molecular flexibility index (Phi) is 5.32. The van der Waals surface area contributed by atoms with Gasteiger partial charge in [0, 0.05) is 10.7 Å². The van der Waals surface area contributed by atoms with E-state index in [4.69, 9.17) is 11.6 Å². The summed E-state index contributed by atoms with van der Waals surface area (Å²) in [4.78, 5) is 9.22. The summed E-state index contributed by atoms with van der Waals surface area (Å²) < 4.78 is 28.6. The van der Waals surface area contributed by atoms with Crippen molar-refractivity contribution < 1.29 is 8.42 Å². The molecule has 4 rings (SSSR count). The maximum Gasteiger partial charge on any atom is 0.263 e. The first-order chi connectivity index (χ1) is 14.3. The second kappa shape index (κ2) is 7.93. The van der Waals surface area contributed by atoms with Crippen molar-refractivity contribution >= 4 is 50.0 Å². The van der Waals surface area contributed by atoms with E-state index >= 15 is 0 Å². The highest BCUT2D eigenvalue weighted by atomic mass is 35.5. The van der Waals surface area contributed by atoms with Crippen LogP contribution in [0.25, 0.3) is 11.0 Å². The van der Waals surface area contributed by atoms with E-state index < -0.39 is 10.0 Å². The molecule has 0 aliphatic heterocycles. The van der Waals surface area contributed by atoms with E-state index in [1.165, 1.54) is 0 Å². The zero-order valence-corrected chi connectivity index (χ0v) is 17.9. The normalized spacial score (nSPS) is 11.4. The Labute approximate surface area is 180 Å². The van der Waals surface area contributed by atoms with Crippen molar-refractivity contribution in [1.29, 1.82) is 0 Å². The topological polar surface area (TPSA) is 84.0 Å². The number of rotatable bonds is 5. The molecule has 0 radical (unpaired) electrons. The number of benzene rings is 3. The number of nitrogens with zero attached hydrogens (tertiary/aromatic N) is 2. The SMILES string of the molecule is Cc1ccc(S(=O)(=O)Nc2nc3ccccc3nc2Nc2cccc(Cl)c2)cc1C. The summed E-state index contributed by atoms with van der Waals surface area (Å²) in [5.74, 6) is 0.385. The summed E-state index contributed by atoms with van der Waals surface area (Å²) in [7, 11) is -3.86. The van der Waals surface area contributed by atoms with Crippen molar-refractivity contribution in [2.24, 2.45) is 0 Å². The minimum absolute atomic E-state index is 0.104. The zero-order valence-electron chi connectivity index (χ0n) is 16.3. The Morgan fingerprint density at radius 3 is 2.17 bits per heavy atom. The van der Waals surface area contributed by atoms with Crippen molar-refractivity contribution in [2.45, 2.75) is 18.7 Å². The molecule has 0 aliphatic rings. The van der Waals surface area contributed by atoms with E-state index in [1.54, 1.807) is 42.5 Å². The maximum atomic E-state index is 13.0. The molecule has 152 valence electrons. The van der Waals surface area contributed by atoms with Crippen LogP contribution in [0.3, 0.4) is 0 Å². The van der Waals surface area contributed by atoms with E-state index in [9.17, 15) is 8.42 Å². The summed E-state index contributed by atoms with van der Waals surface area (Å²) in [5.41, 5.74) is 3.78. The Morgan fingerprint density at radius 1 is 0.800 bits per heavy atom. The fraction of sp³-hybridized carbons (Fsp3) is 0.0909. The number of halogens is 1. The van der Waals surface area contributed by atoms with Gasteiger partial charge in [-0.15, -0.1) is 0 Å². The van der Waals surface area contributed by atoms with Crippen LogP contribution in [-0.2, 0) is 10.0 Å². The smallest absolute Gasteiger partial charge is 0.263 e. The summed E-state index contributed by atoms with van der Waals surface area (Å²) in [6.07, 6.45) is 0. The van der Waals surface area contributed by atoms with Crippen LogP contribution in [0.5, 0.6) is 0 Å². The van der Waals surface area contributed by atoms with E-state index in [0.717, 1.165) is 11.1 Å². The van der Waals surface area contributed by atoms with Gasteiger partial charge in [0.1, 0.15) is 0 Å². The molecular weight excluding hydrogens is 420 g/mol. The van der Waals surface area contributed by atoms with Crippen LogP contribution >= 0.6 is 11.6 Å². The van der Waals surface area contributed by atoms with Gasteiger partial charge in [0.15, 0.2) is 11.6 Å². The molecule has 0 fully saturated rings. The molecule has 6 nitrogen and oxygen atoms in total. The molecule has 0 spiro atoms. The van der Waals surface area contributed by atoms with Crippen molar-refractivity contribution in [3.8, 4) is 0 Å². The molecule has 2 N–H and O–H groups in total. The number of aryl methyl sites for hydroxylation is 2. The third-order valence-corrected chi connectivity index (χ3v) is 6.25. The van der Waals surface area contributed by atoms with Crippen molar-refractivity contribution in [3.63, 3.8) is 0 Å². The highest BCUT2D eigenvalue weighted by Gasteiger charge is 2.19. The first-order valence-electron chi connectivity index (χ1n) is 9.21. The standard InChI is InChI=1S/C22H19ClN4O2S/c1-14-10-11-18(12-15(14)2)30(28,29)27-22-21(24-17-7-5-6-16(23)13-17)25-19-8-3-4-9-20(19)26-22/h3-13H,1-2H3,(H,24,25)(H,26,27). The number of nitrogens with one attached hydrogen (secondary N) is 2. The molecule has 0 saturated heterocycles. The number of aromatic nitrogens is 2. The minimum Gasteiger partial charge on any atom is -0.337 e. The fourth-order valence-corrected chi connectivity index (χ4v) is 4.21. The lowest BCUT2D eigenvalue weighted by Gasteiger charge is -2.14. The minimum atomic E-state index is -3.86. The number of sulfonamides is 1. The van der Waals surface area contributed by atoms with Gasteiger partial charge in [-0.1, -0.05) is 35.9 Å². The zero-order chi connectivity index (χ0) is 21.3. The lowest BCUT2D eigenvalue weighted by Crippen LogP contribution is -2.16. The second-order valence-corrected chi connectivity index (χ2v) is 9.02. The summed E-state index contributed by atoms with van der Waals surface area (Å²) in [5, 5.41) is 3.66. The van der Waals surface area contributed by atoms with Crippen LogP contribution in [0.2, 0.25) is 5.02 Å². The molecule has 8 heteroatoms. The van der Waals surface area contributed by atoms with Gasteiger partial charge >= 0.3 is 0 Å². The quantitative estimate of drug-likeness (QED) is 0.433. The van der Waals surface area contributed by atoms with Crippen molar-refractivity contribution in [3.05, 3.63) is 82.9 Å². The Balaban J connectivity index is 1.79. The van der Waals surface area contributed by atoms with Crippen LogP contribution in [-0.4, -0.2) is 18.4 Å². The van der Waals surface area contributed by atoms with Gasteiger partial charge in [0.2, 0.25) is 0 Å². The van der Waals surface area contributed by atoms with Gasteiger partial charge < -0.3 is 5.32 Å². The highest BCUT2D eigenvalue weighted by molar-refractivity contribution is 7.92. The first kappa shape index (κ1) is 20.1. The molecule has 3 aromatic carbocycles. The van der Waals surface area contributed by atoms with E-state index in [-0.39, 0.29) is 16.5 Å². The summed E-state index contributed by atoms with van der Waals surface area (Å²) >= 11 is 6.07. The van der Waals surface area contributed by atoms with Crippen LogP contribution in [0, 0.1) is 13.8 Å². The molecular formula is C22H19ClN4O2S. The average molecular weight is 439 g/mol. The maximum absolute atomic E-state index is 13.0. The highest BCUT2D eigenvalue weighted by Crippen LogP contribution is 2.28. The van der Waals surface area contributed by atoms with Crippen LogP contribution in [0.4, 0.5) is 17.3 Å². The predicted molar refractivity (Wildman–Crippen MR) is 121 cm³/mol. The monoisotopic (exact) mass is 438 g/mol. The van der Waals surface area contributed by atoms with E-state index in [1.807, 2.05) is 38.1 Å². The molecule has 30 heavy (non-hydrogen) atoms. The van der Waals surface area contributed by atoms with Gasteiger partial charge in [0.05, 0.1) is 15.9 Å². The summed E-state index contributed by atoms with van der Waals surface area (Å²) in [6.45, 7) is 3.80. The van der Waals surface area contributed by atoms with Crippen LogP contribution < -0.4 is 10.0 Å². The Hall–Kier alpha value is -3.16. The van der Waals surface area contributed by atoms with Crippen molar-refractivity contribution in [2.75, 3.05) is 10.0 Å². The van der Waals surface area contributed by atoms with Gasteiger partial charge in [-0.25, -0.2) is 18.4 Å². The summed E-state index contributed by atoms with van der Waals surface area (Å²) in [6, 6.07) is 19.3. The van der Waals surface area contributed by atoms with Crippen molar-refractivity contribution in [1.82, 2.24) is 9.97 Å². The average Bonchev–Trinajstić information content (AvgIpc) is 2.70. The third-order valence-electron chi connectivity index (χ3n) is 4.68. The second-order valence-electron chi connectivity index (χ2n) is 6.90. The van der Waals surface area contributed by atoms with Crippen LogP contribution in [0.1, 0.15) is 11.1 Å². The van der Waals surface area contributed by atoms with E-state index in [0.29, 0.717) is 21.7 Å². The first-order valence-corrected chi connectivity index (χ1v) is 11.1. The van der Waals surface area contributed by atoms with Crippen LogP contribution in [0.15, 0.2) is 71.6 Å². The molecule has 0 saturated carbocycles. The number of fused-ring (bicyclic) bond motifs is 1. The Bertz CT molecular complexity index is 1360. The lowest BCUT2D eigenvalue weighted by atomic mass is 10.1. The molecule has 0 atom stereocenters. The van der Waals surface area contributed by atoms with Gasteiger partial charge in [-0.05, 0) is 67.4 Å². The molecule has 1 aromatic heterocycles. The molecule has 0 unspecified atom stereocenters. The van der Waals surface area contributed by atoms with Gasteiger partial charge in [-0.2, -0.15) is 0 Å². The van der Waals surface area contributed by atoms with Gasteiger partial charge in [-0.3, -0.25) is 4.72 Å². The number of para-hydroxylation sites is 2. The molecule has 0 amide bonds. The van der Waals surface area contributed by atoms with Gasteiger partial charge in [0.25, 0.3) is 10.0 Å². The van der Waals surface area contributed by atoms with E-state index in [2.05, 4.69) is 20.0 Å². The molecule has 4 aromatic rings. The number of anilines is 3. The molecule has 0 bridgehead atoms.